The average Bonchev–Trinajstić information content (AvgIpc) is 2.81. The van der Waals surface area contributed by atoms with E-state index in [1.165, 1.54) is 19.5 Å². The second kappa shape index (κ2) is 4.32. The van der Waals surface area contributed by atoms with Crippen LogP contribution in [0, 0.1) is 0 Å². The molecule has 0 bridgehead atoms. The van der Waals surface area contributed by atoms with Gasteiger partial charge in [-0.15, -0.1) is 0 Å². The smallest absolute Gasteiger partial charge is 0.233 e. The van der Waals surface area contributed by atoms with Crippen LogP contribution in [0.4, 0.5) is 0 Å². The molecule has 0 atom stereocenters. The summed E-state index contributed by atoms with van der Waals surface area (Å²) in [6, 6.07) is 4.81. The third-order valence-corrected chi connectivity index (χ3v) is 2.27. The largest absolute Gasteiger partial charge is 0.496 e. The van der Waals surface area contributed by atoms with Gasteiger partial charge in [0.2, 0.25) is 5.78 Å². The number of benzene rings is 1. The summed E-state index contributed by atoms with van der Waals surface area (Å²) in [5.41, 5.74) is 0.353. The molecule has 0 aliphatic carbocycles. The number of nitrogens with zero attached hydrogens (tertiary/aromatic N) is 2. The van der Waals surface area contributed by atoms with Crippen LogP contribution in [0.25, 0.3) is 0 Å². The number of hydrogen-bond donors (Lipinski definition) is 1. The van der Waals surface area contributed by atoms with Crippen molar-refractivity contribution in [2.75, 3.05) is 7.11 Å². The fourth-order valence-electron chi connectivity index (χ4n) is 1.30. The van der Waals surface area contributed by atoms with Gasteiger partial charge in [0, 0.05) is 5.02 Å². The maximum Gasteiger partial charge on any atom is 0.233 e. The van der Waals surface area contributed by atoms with E-state index >= 15 is 0 Å². The van der Waals surface area contributed by atoms with Gasteiger partial charge >= 0.3 is 0 Å². The van der Waals surface area contributed by atoms with E-state index in [1.54, 1.807) is 12.1 Å². The van der Waals surface area contributed by atoms with Gasteiger partial charge in [0.15, 0.2) is 5.82 Å². The van der Waals surface area contributed by atoms with Crippen LogP contribution in [0.3, 0.4) is 0 Å². The number of halogens is 1. The SMILES string of the molecule is COc1ccc(Cl)cc1C(=O)c1ncn[nH]1. The second-order valence-corrected chi connectivity index (χ2v) is 3.44. The quantitative estimate of drug-likeness (QED) is 0.825. The van der Waals surface area contributed by atoms with E-state index in [1.807, 2.05) is 0 Å². The van der Waals surface area contributed by atoms with Crippen LogP contribution in [-0.4, -0.2) is 28.1 Å². The van der Waals surface area contributed by atoms with E-state index in [-0.39, 0.29) is 11.6 Å². The van der Waals surface area contributed by atoms with Gasteiger partial charge in [-0.25, -0.2) is 4.98 Å². The summed E-state index contributed by atoms with van der Waals surface area (Å²) in [5.74, 6) is 0.295. The van der Waals surface area contributed by atoms with Crippen molar-refractivity contribution >= 4 is 17.4 Å². The number of hydrogen-bond acceptors (Lipinski definition) is 4. The van der Waals surface area contributed by atoms with E-state index in [4.69, 9.17) is 16.3 Å². The summed E-state index contributed by atoms with van der Waals surface area (Å²) in [6.07, 6.45) is 1.27. The lowest BCUT2D eigenvalue weighted by molar-refractivity contribution is 0.102. The average molecular weight is 238 g/mol. The number of H-pyrrole nitrogens is 1. The molecule has 0 saturated carbocycles. The number of carbonyl (C=O) groups is 1. The Morgan fingerprint density at radius 3 is 2.94 bits per heavy atom. The Bertz CT molecular complexity index is 511. The minimum absolute atomic E-state index is 0.153. The van der Waals surface area contributed by atoms with Crippen molar-refractivity contribution in [1.82, 2.24) is 15.2 Å². The zero-order valence-electron chi connectivity index (χ0n) is 8.40. The highest BCUT2D eigenvalue weighted by Crippen LogP contribution is 2.24. The molecule has 1 heterocycles. The molecule has 5 nitrogen and oxygen atoms in total. The number of aromatic nitrogens is 3. The molecule has 0 spiro atoms. The van der Waals surface area contributed by atoms with Crippen LogP contribution in [0.15, 0.2) is 24.5 Å². The molecule has 0 amide bonds. The molecule has 0 unspecified atom stereocenters. The minimum Gasteiger partial charge on any atom is -0.496 e. The Balaban J connectivity index is 2.47. The van der Waals surface area contributed by atoms with Crippen molar-refractivity contribution in [3.8, 4) is 5.75 Å². The first-order valence-electron chi connectivity index (χ1n) is 4.46. The predicted molar refractivity (Wildman–Crippen MR) is 57.8 cm³/mol. The van der Waals surface area contributed by atoms with Crippen molar-refractivity contribution in [3.05, 3.63) is 40.9 Å². The van der Waals surface area contributed by atoms with Gasteiger partial charge in [-0.1, -0.05) is 11.6 Å². The Labute approximate surface area is 96.4 Å². The molecular formula is C10H8ClN3O2. The van der Waals surface area contributed by atoms with Gasteiger partial charge in [0.05, 0.1) is 12.7 Å². The second-order valence-electron chi connectivity index (χ2n) is 3.01. The zero-order valence-corrected chi connectivity index (χ0v) is 9.15. The summed E-state index contributed by atoms with van der Waals surface area (Å²) >= 11 is 5.83. The van der Waals surface area contributed by atoms with Crippen LogP contribution < -0.4 is 4.74 Å². The van der Waals surface area contributed by atoms with Crippen LogP contribution >= 0.6 is 11.6 Å². The van der Waals surface area contributed by atoms with Crippen LogP contribution in [-0.2, 0) is 0 Å². The molecule has 6 heteroatoms. The van der Waals surface area contributed by atoms with Crippen molar-refractivity contribution in [3.63, 3.8) is 0 Å². The summed E-state index contributed by atoms with van der Waals surface area (Å²) in [6.45, 7) is 0. The molecule has 1 N–H and O–H groups in total. The summed E-state index contributed by atoms with van der Waals surface area (Å²) < 4.78 is 5.08. The number of aromatic amines is 1. The third kappa shape index (κ3) is 1.90. The Morgan fingerprint density at radius 2 is 2.31 bits per heavy atom. The van der Waals surface area contributed by atoms with E-state index in [0.29, 0.717) is 16.3 Å². The van der Waals surface area contributed by atoms with Crippen LogP contribution in [0.5, 0.6) is 5.75 Å². The predicted octanol–water partition coefficient (Wildman–Crippen LogP) is 1.70. The minimum atomic E-state index is -0.308. The number of nitrogens with one attached hydrogen (secondary N) is 1. The molecule has 82 valence electrons. The van der Waals surface area contributed by atoms with Crippen molar-refractivity contribution < 1.29 is 9.53 Å². The molecular weight excluding hydrogens is 230 g/mol. The molecule has 0 aliphatic rings. The monoisotopic (exact) mass is 237 g/mol. The molecule has 16 heavy (non-hydrogen) atoms. The normalized spacial score (nSPS) is 10.1. The molecule has 2 rings (SSSR count). The van der Waals surface area contributed by atoms with Crippen LogP contribution in [0.2, 0.25) is 5.02 Å². The Kier molecular flexibility index (Phi) is 2.87. The summed E-state index contributed by atoms with van der Waals surface area (Å²) in [4.78, 5) is 15.7. The van der Waals surface area contributed by atoms with Gasteiger partial charge in [-0.3, -0.25) is 9.89 Å². The Morgan fingerprint density at radius 1 is 1.50 bits per heavy atom. The summed E-state index contributed by atoms with van der Waals surface area (Å²) in [7, 11) is 1.49. The highest BCUT2D eigenvalue weighted by Gasteiger charge is 2.17. The van der Waals surface area contributed by atoms with Gasteiger partial charge in [0.1, 0.15) is 12.1 Å². The fraction of sp³-hybridized carbons (Fsp3) is 0.100. The number of rotatable bonds is 3. The fourth-order valence-corrected chi connectivity index (χ4v) is 1.47. The lowest BCUT2D eigenvalue weighted by atomic mass is 10.1. The van der Waals surface area contributed by atoms with Gasteiger partial charge < -0.3 is 4.74 Å². The molecule has 1 aromatic carbocycles. The first-order chi connectivity index (χ1) is 7.72. The number of ether oxygens (including phenoxy) is 1. The van der Waals surface area contributed by atoms with Gasteiger partial charge in [-0.2, -0.15) is 5.10 Å². The highest BCUT2D eigenvalue weighted by molar-refractivity contribution is 6.31. The van der Waals surface area contributed by atoms with E-state index in [9.17, 15) is 4.79 Å². The number of ketones is 1. The van der Waals surface area contributed by atoms with E-state index < -0.39 is 0 Å². The molecule has 0 radical (unpaired) electrons. The molecule has 2 aromatic rings. The summed E-state index contributed by atoms with van der Waals surface area (Å²) in [5, 5.41) is 6.57. The van der Waals surface area contributed by atoms with Gasteiger partial charge in [-0.05, 0) is 18.2 Å². The first kappa shape index (κ1) is 10.6. The number of methoxy groups -OCH3 is 1. The first-order valence-corrected chi connectivity index (χ1v) is 4.84. The molecule has 0 fully saturated rings. The van der Waals surface area contributed by atoms with E-state index in [2.05, 4.69) is 15.2 Å². The number of carbonyl (C=O) groups excluding carboxylic acids is 1. The maximum absolute atomic E-state index is 12.0. The standard InChI is InChI=1S/C10H8ClN3O2/c1-16-8-3-2-6(11)4-7(8)9(15)10-12-5-13-14-10/h2-5H,1H3,(H,12,13,14). The topological polar surface area (TPSA) is 67.9 Å². The maximum atomic E-state index is 12.0. The lowest BCUT2D eigenvalue weighted by Crippen LogP contribution is -2.06. The van der Waals surface area contributed by atoms with Crippen LogP contribution in [0.1, 0.15) is 16.2 Å². The van der Waals surface area contributed by atoms with Crippen molar-refractivity contribution in [1.29, 1.82) is 0 Å². The molecule has 0 aliphatic heterocycles. The van der Waals surface area contributed by atoms with Crippen molar-refractivity contribution in [2.45, 2.75) is 0 Å². The Hall–Kier alpha value is -1.88. The lowest BCUT2D eigenvalue weighted by Gasteiger charge is -2.06. The van der Waals surface area contributed by atoms with E-state index in [0.717, 1.165) is 0 Å². The zero-order chi connectivity index (χ0) is 11.5. The third-order valence-electron chi connectivity index (χ3n) is 2.04. The van der Waals surface area contributed by atoms with Crippen molar-refractivity contribution in [2.24, 2.45) is 0 Å². The molecule has 0 saturated heterocycles. The van der Waals surface area contributed by atoms with Gasteiger partial charge in [0.25, 0.3) is 0 Å². The highest BCUT2D eigenvalue weighted by atomic mass is 35.5. The molecule has 1 aromatic heterocycles.